The average molecular weight is 465 g/mol. The third-order valence-electron chi connectivity index (χ3n) is 6.41. The number of unbranched alkanes of at least 4 members (excludes halogenated alkanes) is 9. The lowest BCUT2D eigenvalue weighted by Gasteiger charge is -2.18. The van der Waals surface area contributed by atoms with E-state index in [1.165, 1.54) is 38.5 Å². The van der Waals surface area contributed by atoms with Gasteiger partial charge in [0, 0.05) is 13.5 Å². The molecular formula is C28H48O5. The number of hydrogen-bond acceptors (Lipinski definition) is 5. The van der Waals surface area contributed by atoms with Crippen molar-refractivity contribution in [3.05, 3.63) is 24.5 Å². The molecule has 33 heavy (non-hydrogen) atoms. The maximum absolute atomic E-state index is 12.1. The van der Waals surface area contributed by atoms with Crippen molar-refractivity contribution in [2.45, 2.75) is 116 Å². The number of hydrogen-bond donors (Lipinski definition) is 0. The highest BCUT2D eigenvalue weighted by molar-refractivity contribution is 5.94. The summed E-state index contributed by atoms with van der Waals surface area (Å²) < 4.78 is 15.8. The van der Waals surface area contributed by atoms with Gasteiger partial charge >= 0.3 is 11.9 Å². The van der Waals surface area contributed by atoms with E-state index < -0.39 is 0 Å². The fourth-order valence-electron chi connectivity index (χ4n) is 4.34. The molecule has 5 nitrogen and oxygen atoms in total. The van der Waals surface area contributed by atoms with Gasteiger partial charge in [-0.2, -0.15) is 0 Å². The molecule has 0 aromatic carbocycles. The number of rotatable bonds is 21. The number of methoxy groups -OCH3 is 1. The summed E-state index contributed by atoms with van der Waals surface area (Å²) in [6.45, 7) is 8.96. The third kappa shape index (κ3) is 13.6. The zero-order chi connectivity index (χ0) is 24.3. The van der Waals surface area contributed by atoms with Gasteiger partial charge in [-0.15, -0.1) is 0 Å². The summed E-state index contributed by atoms with van der Waals surface area (Å²) in [4.78, 5) is 23.6. The van der Waals surface area contributed by atoms with E-state index in [0.29, 0.717) is 6.61 Å². The first-order chi connectivity index (χ1) is 16.0. The average Bonchev–Trinajstić information content (AvgIpc) is 3.13. The topological polar surface area (TPSA) is 61.8 Å². The van der Waals surface area contributed by atoms with Crippen molar-refractivity contribution in [1.29, 1.82) is 0 Å². The van der Waals surface area contributed by atoms with E-state index in [1.54, 1.807) is 7.11 Å². The summed E-state index contributed by atoms with van der Waals surface area (Å²) in [5, 5.41) is 0. The maximum atomic E-state index is 12.1. The van der Waals surface area contributed by atoms with Crippen molar-refractivity contribution >= 4 is 11.9 Å². The standard InChI is InChI=1S/C28H48O5/c1-5-7-8-9-13-16-19-24(26-21-27(29)33-28(26)30)20-17-14-11-10-12-15-18-23(3)32-25(6-2)22-31-4/h17,20,24-26H,3,5-16,18-19,21-22H2,1-2,4H3/b20-17+. The van der Waals surface area contributed by atoms with Gasteiger partial charge in [0.15, 0.2) is 0 Å². The van der Waals surface area contributed by atoms with Gasteiger partial charge in [-0.25, -0.2) is 0 Å². The van der Waals surface area contributed by atoms with E-state index >= 15 is 0 Å². The van der Waals surface area contributed by atoms with Crippen LogP contribution in [0, 0.1) is 11.8 Å². The van der Waals surface area contributed by atoms with Crippen LogP contribution in [-0.4, -0.2) is 31.8 Å². The van der Waals surface area contributed by atoms with E-state index in [1.807, 2.05) is 0 Å². The molecule has 1 fully saturated rings. The number of cyclic esters (lactones) is 2. The predicted molar refractivity (Wildman–Crippen MR) is 134 cm³/mol. The molecule has 5 heteroatoms. The number of ether oxygens (including phenoxy) is 3. The van der Waals surface area contributed by atoms with Gasteiger partial charge in [0.25, 0.3) is 0 Å². The highest BCUT2D eigenvalue weighted by Gasteiger charge is 2.37. The molecule has 1 heterocycles. The second kappa shape index (κ2) is 18.8. The van der Waals surface area contributed by atoms with Crippen molar-refractivity contribution in [3.63, 3.8) is 0 Å². The number of carbonyl (C=O) groups is 2. The summed E-state index contributed by atoms with van der Waals surface area (Å²) in [7, 11) is 1.69. The third-order valence-corrected chi connectivity index (χ3v) is 6.41. The second-order valence-corrected chi connectivity index (χ2v) is 9.35. The molecule has 0 bridgehead atoms. The van der Waals surface area contributed by atoms with Crippen LogP contribution >= 0.6 is 0 Å². The molecule has 190 valence electrons. The number of carbonyl (C=O) groups excluding carboxylic acids is 2. The van der Waals surface area contributed by atoms with Gasteiger partial charge in [0.1, 0.15) is 6.10 Å². The first-order valence-electron chi connectivity index (χ1n) is 13.3. The highest BCUT2D eigenvalue weighted by atomic mass is 16.6. The van der Waals surface area contributed by atoms with E-state index in [9.17, 15) is 9.59 Å². The Labute approximate surface area is 202 Å². The summed E-state index contributed by atoms with van der Waals surface area (Å²) in [5.74, 6) is -0.0210. The van der Waals surface area contributed by atoms with Crippen molar-refractivity contribution < 1.29 is 23.8 Å². The van der Waals surface area contributed by atoms with E-state index in [2.05, 4.69) is 32.6 Å². The van der Waals surface area contributed by atoms with Crippen LogP contribution in [-0.2, 0) is 23.8 Å². The minimum absolute atomic E-state index is 0.101. The van der Waals surface area contributed by atoms with Crippen LogP contribution in [0.5, 0.6) is 0 Å². The Kier molecular flexibility index (Phi) is 16.7. The quantitative estimate of drug-likeness (QED) is 0.0586. The first-order valence-corrected chi connectivity index (χ1v) is 13.3. The number of allylic oxidation sites excluding steroid dienone is 3. The lowest BCUT2D eigenvalue weighted by atomic mass is 9.86. The zero-order valence-corrected chi connectivity index (χ0v) is 21.4. The first kappa shape index (κ1) is 29.4. The molecule has 0 aliphatic carbocycles. The van der Waals surface area contributed by atoms with Gasteiger partial charge in [-0.3, -0.25) is 9.59 Å². The Morgan fingerprint density at radius 2 is 1.76 bits per heavy atom. The fourth-order valence-corrected chi connectivity index (χ4v) is 4.34. The van der Waals surface area contributed by atoms with E-state index in [4.69, 9.17) is 14.2 Å². The van der Waals surface area contributed by atoms with Crippen LogP contribution in [0.25, 0.3) is 0 Å². The minimum Gasteiger partial charge on any atom is -0.493 e. The van der Waals surface area contributed by atoms with Crippen molar-refractivity contribution in [1.82, 2.24) is 0 Å². The Hall–Kier alpha value is -1.62. The molecule has 1 rings (SSSR count). The Balaban J connectivity index is 2.27. The minimum atomic E-state index is -0.371. The van der Waals surface area contributed by atoms with Crippen LogP contribution in [0.2, 0.25) is 0 Å². The smallest absolute Gasteiger partial charge is 0.317 e. The van der Waals surface area contributed by atoms with Crippen LogP contribution in [0.1, 0.15) is 110 Å². The molecule has 0 saturated carbocycles. The zero-order valence-electron chi connectivity index (χ0n) is 21.4. The Morgan fingerprint density at radius 1 is 1.06 bits per heavy atom. The predicted octanol–water partition coefficient (Wildman–Crippen LogP) is 7.30. The van der Waals surface area contributed by atoms with Crippen molar-refractivity contribution in [2.24, 2.45) is 11.8 Å². The fraction of sp³-hybridized carbons (Fsp3) is 0.786. The van der Waals surface area contributed by atoms with Gasteiger partial charge < -0.3 is 14.2 Å². The summed E-state index contributed by atoms with van der Waals surface area (Å²) in [5.41, 5.74) is 0. The largest absolute Gasteiger partial charge is 0.493 e. The molecule has 0 radical (unpaired) electrons. The lowest BCUT2D eigenvalue weighted by molar-refractivity contribution is -0.153. The van der Waals surface area contributed by atoms with Crippen molar-refractivity contribution in [3.8, 4) is 0 Å². The summed E-state index contributed by atoms with van der Waals surface area (Å²) in [6, 6.07) is 0. The van der Waals surface area contributed by atoms with Gasteiger partial charge in [0.2, 0.25) is 0 Å². The van der Waals surface area contributed by atoms with Crippen molar-refractivity contribution in [2.75, 3.05) is 13.7 Å². The molecule has 0 spiro atoms. The van der Waals surface area contributed by atoms with Gasteiger partial charge in [0.05, 0.1) is 24.7 Å². The molecule has 0 aromatic rings. The van der Waals surface area contributed by atoms with Gasteiger partial charge in [-0.1, -0.05) is 83.9 Å². The van der Waals surface area contributed by atoms with Gasteiger partial charge in [-0.05, 0) is 38.0 Å². The summed E-state index contributed by atoms with van der Waals surface area (Å²) in [6.07, 6.45) is 20.4. The molecule has 3 unspecified atom stereocenters. The monoisotopic (exact) mass is 464 g/mol. The summed E-state index contributed by atoms with van der Waals surface area (Å²) >= 11 is 0. The Morgan fingerprint density at radius 3 is 2.42 bits per heavy atom. The SMILES string of the molecule is C=C(CCCCCC/C=C/C(CCCCCCCC)C1CC(=O)OC1=O)OC(CC)COC. The molecule has 1 aliphatic heterocycles. The van der Waals surface area contributed by atoms with E-state index in [-0.39, 0.29) is 36.3 Å². The molecule has 3 atom stereocenters. The Bertz CT molecular complexity index is 583. The lowest BCUT2D eigenvalue weighted by Crippen LogP contribution is -2.18. The number of esters is 2. The second-order valence-electron chi connectivity index (χ2n) is 9.35. The van der Waals surface area contributed by atoms with Crippen LogP contribution < -0.4 is 0 Å². The molecular weight excluding hydrogens is 416 g/mol. The molecule has 0 N–H and O–H groups in total. The van der Waals surface area contributed by atoms with Crippen LogP contribution in [0.15, 0.2) is 24.5 Å². The molecule has 0 aromatic heterocycles. The van der Waals surface area contributed by atoms with Crippen LogP contribution in [0.3, 0.4) is 0 Å². The molecule has 0 amide bonds. The maximum Gasteiger partial charge on any atom is 0.317 e. The highest BCUT2D eigenvalue weighted by Crippen LogP contribution is 2.30. The van der Waals surface area contributed by atoms with Crippen LogP contribution in [0.4, 0.5) is 0 Å². The normalized spacial score (nSPS) is 18.0. The van der Waals surface area contributed by atoms with E-state index in [0.717, 1.165) is 57.1 Å². The molecule has 1 aliphatic rings. The molecule has 1 saturated heterocycles.